The van der Waals surface area contributed by atoms with Crippen molar-refractivity contribution < 1.29 is 9.53 Å². The molecule has 1 unspecified atom stereocenters. The van der Waals surface area contributed by atoms with E-state index in [0.29, 0.717) is 0 Å². The maximum Gasteiger partial charge on any atom is 0.321 e. The molecule has 4 fully saturated rings. The molecule has 3 aliphatic heterocycles. The zero-order chi connectivity index (χ0) is 20.3. The first-order valence-electron chi connectivity index (χ1n) is 11.9. The first-order chi connectivity index (χ1) is 14.8. The van der Waals surface area contributed by atoms with E-state index in [4.69, 9.17) is 4.74 Å². The van der Waals surface area contributed by atoms with Crippen LogP contribution in [0.2, 0.25) is 0 Å². The van der Waals surface area contributed by atoms with Crippen molar-refractivity contribution in [3.8, 4) is 0 Å². The smallest absolute Gasteiger partial charge is 0.321 e. The molecule has 2 amide bonds. The predicted octanol–water partition coefficient (Wildman–Crippen LogP) is 2.79. The number of amides is 2. The first-order valence-corrected chi connectivity index (χ1v) is 11.9. The van der Waals surface area contributed by atoms with Crippen molar-refractivity contribution in [3.63, 3.8) is 0 Å². The number of hydrogen-bond acceptors (Lipinski definition) is 4. The molecule has 3 atom stereocenters. The highest BCUT2D eigenvalue weighted by molar-refractivity contribution is 5.93. The maximum absolute atomic E-state index is 11.8. The van der Waals surface area contributed by atoms with Gasteiger partial charge in [0, 0.05) is 51.6 Å². The van der Waals surface area contributed by atoms with Crippen LogP contribution in [0.3, 0.4) is 0 Å². The van der Waals surface area contributed by atoms with Gasteiger partial charge in [-0.05, 0) is 67.8 Å². The van der Waals surface area contributed by atoms with Crippen LogP contribution < -0.4 is 10.2 Å². The molecule has 0 aromatic heterocycles. The number of fused-ring (bicyclic) bond motifs is 1. The van der Waals surface area contributed by atoms with Gasteiger partial charge in [0.25, 0.3) is 0 Å². The topological polar surface area (TPSA) is 48.1 Å². The van der Waals surface area contributed by atoms with Gasteiger partial charge in [0.15, 0.2) is 0 Å². The lowest BCUT2D eigenvalue weighted by Gasteiger charge is -2.26. The monoisotopic (exact) mass is 412 g/mol. The number of carbonyl (C=O) groups is 1. The van der Waals surface area contributed by atoms with Crippen LogP contribution in [-0.2, 0) is 11.3 Å². The highest BCUT2D eigenvalue weighted by Crippen LogP contribution is 2.52. The predicted molar refractivity (Wildman–Crippen MR) is 119 cm³/mol. The van der Waals surface area contributed by atoms with E-state index in [0.717, 1.165) is 56.3 Å². The van der Waals surface area contributed by atoms with E-state index in [9.17, 15) is 4.79 Å². The van der Waals surface area contributed by atoms with Crippen LogP contribution in [0, 0.1) is 17.8 Å². The summed E-state index contributed by atoms with van der Waals surface area (Å²) >= 11 is 0. The summed E-state index contributed by atoms with van der Waals surface area (Å²) in [5.41, 5.74) is 2.33. The molecule has 3 heterocycles. The Kier molecular flexibility index (Phi) is 6.25. The number of anilines is 1. The molecule has 5 rings (SSSR count). The van der Waals surface area contributed by atoms with Gasteiger partial charge in [-0.25, -0.2) is 4.79 Å². The number of ether oxygens (including phenoxy) is 1. The molecule has 0 bridgehead atoms. The van der Waals surface area contributed by atoms with Gasteiger partial charge in [0.2, 0.25) is 0 Å². The van der Waals surface area contributed by atoms with Gasteiger partial charge in [-0.2, -0.15) is 0 Å². The average Bonchev–Trinajstić information content (AvgIpc) is 3.09. The van der Waals surface area contributed by atoms with Gasteiger partial charge in [-0.3, -0.25) is 9.80 Å². The van der Waals surface area contributed by atoms with E-state index in [1.807, 2.05) is 4.90 Å². The second kappa shape index (κ2) is 9.25. The normalized spacial score (nSPS) is 29.3. The van der Waals surface area contributed by atoms with Crippen molar-refractivity contribution in [3.05, 3.63) is 29.8 Å². The Hall–Kier alpha value is -1.63. The van der Waals surface area contributed by atoms with Gasteiger partial charge < -0.3 is 15.0 Å². The minimum absolute atomic E-state index is 0.0159. The van der Waals surface area contributed by atoms with E-state index < -0.39 is 0 Å². The molecule has 164 valence electrons. The van der Waals surface area contributed by atoms with Crippen LogP contribution in [0.15, 0.2) is 24.3 Å². The third-order valence-corrected chi connectivity index (χ3v) is 7.48. The Morgan fingerprint density at radius 3 is 2.43 bits per heavy atom. The van der Waals surface area contributed by atoms with E-state index in [2.05, 4.69) is 39.4 Å². The summed E-state index contributed by atoms with van der Waals surface area (Å²) in [6.07, 6.45) is 5.35. The summed E-state index contributed by atoms with van der Waals surface area (Å²) in [6.45, 7) is 10.6. The number of urea groups is 1. The van der Waals surface area contributed by atoms with Crippen molar-refractivity contribution in [1.82, 2.24) is 15.1 Å². The molecule has 6 heteroatoms. The number of nitrogens with one attached hydrogen (secondary N) is 1. The fourth-order valence-corrected chi connectivity index (χ4v) is 5.66. The molecule has 1 aliphatic carbocycles. The zero-order valence-electron chi connectivity index (χ0n) is 18.1. The largest absolute Gasteiger partial charge is 0.381 e. The molecule has 4 aliphatic rings. The lowest BCUT2D eigenvalue weighted by molar-refractivity contribution is 0.0967. The van der Waals surface area contributed by atoms with Crippen LogP contribution in [0.1, 0.15) is 31.2 Å². The summed E-state index contributed by atoms with van der Waals surface area (Å²) in [5, 5.41) is 2.86. The van der Waals surface area contributed by atoms with Crippen molar-refractivity contribution in [2.45, 2.75) is 32.2 Å². The van der Waals surface area contributed by atoms with Crippen molar-refractivity contribution in [2.24, 2.45) is 17.8 Å². The summed E-state index contributed by atoms with van der Waals surface area (Å²) in [7, 11) is 0. The highest BCUT2D eigenvalue weighted by Gasteiger charge is 2.55. The second-order valence-corrected chi connectivity index (χ2v) is 9.57. The number of piperidine rings is 2. The zero-order valence-corrected chi connectivity index (χ0v) is 18.1. The number of hydrogen-bond donors (Lipinski definition) is 1. The summed E-state index contributed by atoms with van der Waals surface area (Å²) in [5.74, 6) is 2.49. The second-order valence-electron chi connectivity index (χ2n) is 9.57. The van der Waals surface area contributed by atoms with Crippen LogP contribution >= 0.6 is 0 Å². The van der Waals surface area contributed by atoms with E-state index in [1.165, 1.54) is 64.0 Å². The summed E-state index contributed by atoms with van der Waals surface area (Å²) < 4.78 is 6.03. The first kappa shape index (κ1) is 20.3. The quantitative estimate of drug-likeness (QED) is 0.634. The number of benzene rings is 1. The molecule has 1 aromatic rings. The fourth-order valence-electron chi connectivity index (χ4n) is 5.66. The van der Waals surface area contributed by atoms with Gasteiger partial charge in [0.05, 0.1) is 6.61 Å². The van der Waals surface area contributed by atoms with Crippen molar-refractivity contribution in [1.29, 1.82) is 0 Å². The van der Waals surface area contributed by atoms with Crippen LogP contribution in [0.5, 0.6) is 0 Å². The summed E-state index contributed by atoms with van der Waals surface area (Å²) in [6, 6.07) is 8.53. The SMILES string of the molecule is O=C1NCCN1c1ccc(CN2C[C@@H]3C(COCCCN4CCCCC4)[C@@H]3C2)cc1. The van der Waals surface area contributed by atoms with Crippen LogP contribution in [0.25, 0.3) is 0 Å². The minimum Gasteiger partial charge on any atom is -0.381 e. The number of rotatable bonds is 9. The lowest BCUT2D eigenvalue weighted by atomic mass is 10.1. The van der Waals surface area contributed by atoms with E-state index >= 15 is 0 Å². The third kappa shape index (κ3) is 4.66. The molecule has 1 N–H and O–H groups in total. The summed E-state index contributed by atoms with van der Waals surface area (Å²) in [4.78, 5) is 18.8. The van der Waals surface area contributed by atoms with Crippen LogP contribution in [-0.4, -0.2) is 74.9 Å². The van der Waals surface area contributed by atoms with E-state index in [1.54, 1.807) is 0 Å². The Labute approximate surface area is 180 Å². The molecular formula is C24H36N4O2. The molecule has 3 saturated heterocycles. The Balaban J connectivity index is 0.973. The standard InChI is InChI=1S/C24H36N4O2/c29-24-25-9-13-28(24)20-7-5-19(6-8-20)15-27-16-21-22(17-27)23(21)18-30-14-4-12-26-10-2-1-3-11-26/h5-8,21-23H,1-4,9-18H2,(H,25,29)/t21-,22+,23?. The number of nitrogens with zero attached hydrogens (tertiary/aromatic N) is 3. The Morgan fingerprint density at radius 2 is 1.73 bits per heavy atom. The highest BCUT2D eigenvalue weighted by atomic mass is 16.5. The van der Waals surface area contributed by atoms with Gasteiger partial charge in [-0.15, -0.1) is 0 Å². The minimum atomic E-state index is 0.0159. The van der Waals surface area contributed by atoms with Crippen molar-refractivity contribution in [2.75, 3.05) is 63.9 Å². The lowest BCUT2D eigenvalue weighted by Crippen LogP contribution is -2.31. The Bertz CT molecular complexity index is 706. The number of likely N-dealkylation sites (tertiary alicyclic amines) is 2. The molecule has 0 radical (unpaired) electrons. The maximum atomic E-state index is 11.8. The van der Waals surface area contributed by atoms with Gasteiger partial charge in [-0.1, -0.05) is 18.6 Å². The molecule has 1 saturated carbocycles. The van der Waals surface area contributed by atoms with Crippen LogP contribution in [0.4, 0.5) is 10.5 Å². The van der Waals surface area contributed by atoms with Gasteiger partial charge >= 0.3 is 6.03 Å². The van der Waals surface area contributed by atoms with E-state index in [-0.39, 0.29) is 6.03 Å². The fraction of sp³-hybridized carbons (Fsp3) is 0.708. The van der Waals surface area contributed by atoms with Gasteiger partial charge in [0.1, 0.15) is 0 Å². The number of carbonyl (C=O) groups excluding carboxylic acids is 1. The van der Waals surface area contributed by atoms with Crippen molar-refractivity contribution >= 4 is 11.7 Å². The molecule has 1 aromatic carbocycles. The molecule has 0 spiro atoms. The third-order valence-electron chi connectivity index (χ3n) is 7.48. The molecular weight excluding hydrogens is 376 g/mol. The molecule has 6 nitrogen and oxygen atoms in total. The molecule has 30 heavy (non-hydrogen) atoms. The average molecular weight is 413 g/mol. The Morgan fingerprint density at radius 1 is 0.967 bits per heavy atom.